The normalized spacial score (nSPS) is 15.8. The monoisotopic (exact) mass is 394 g/mol. The van der Waals surface area contributed by atoms with Gasteiger partial charge in [0.1, 0.15) is 5.82 Å². The zero-order valence-corrected chi connectivity index (χ0v) is 16.0. The molecule has 3 aromatic rings. The average molecular weight is 394 g/mol. The van der Waals surface area contributed by atoms with Crippen LogP contribution in [0, 0.1) is 5.82 Å². The third kappa shape index (κ3) is 4.46. The number of carbonyl (C=O) groups is 1. The molecule has 0 bridgehead atoms. The molecule has 6 nitrogen and oxygen atoms in total. The number of rotatable bonds is 6. The molecular formula is C22H23FN4O2. The maximum absolute atomic E-state index is 14.1. The first kappa shape index (κ1) is 19.1. The van der Waals surface area contributed by atoms with Crippen molar-refractivity contribution in [1.29, 1.82) is 0 Å². The highest BCUT2D eigenvalue weighted by atomic mass is 19.1. The Morgan fingerprint density at radius 2 is 1.93 bits per heavy atom. The highest BCUT2D eigenvalue weighted by Crippen LogP contribution is 2.25. The van der Waals surface area contributed by atoms with Gasteiger partial charge in [-0.2, -0.15) is 0 Å². The van der Waals surface area contributed by atoms with Gasteiger partial charge in [-0.1, -0.05) is 18.2 Å². The van der Waals surface area contributed by atoms with Gasteiger partial charge in [-0.15, -0.1) is 0 Å². The quantitative estimate of drug-likeness (QED) is 0.696. The SMILES string of the molecule is O=C(NC[C@H](c1cccnc1)N1CCN(c2ccccc2F)CC1)c1ccco1. The summed E-state index contributed by atoms with van der Waals surface area (Å²) < 4.78 is 19.3. The van der Waals surface area contributed by atoms with Crippen LogP contribution in [0.25, 0.3) is 0 Å². The van der Waals surface area contributed by atoms with Gasteiger partial charge < -0.3 is 14.6 Å². The topological polar surface area (TPSA) is 61.6 Å². The van der Waals surface area contributed by atoms with Crippen LogP contribution in [0.15, 0.2) is 71.6 Å². The number of anilines is 1. The van der Waals surface area contributed by atoms with Crippen molar-refractivity contribution in [3.05, 3.63) is 84.3 Å². The van der Waals surface area contributed by atoms with Crippen LogP contribution in [0.4, 0.5) is 10.1 Å². The molecule has 2 aromatic heterocycles. The largest absolute Gasteiger partial charge is 0.459 e. The van der Waals surface area contributed by atoms with Gasteiger partial charge in [0.25, 0.3) is 5.91 Å². The molecule has 7 heteroatoms. The molecule has 0 radical (unpaired) electrons. The predicted molar refractivity (Wildman–Crippen MR) is 108 cm³/mol. The number of hydrogen-bond donors (Lipinski definition) is 1. The van der Waals surface area contributed by atoms with Crippen molar-refractivity contribution in [3.63, 3.8) is 0 Å². The fourth-order valence-corrected chi connectivity index (χ4v) is 3.70. The van der Waals surface area contributed by atoms with Gasteiger partial charge in [0.2, 0.25) is 0 Å². The molecule has 0 spiro atoms. The summed E-state index contributed by atoms with van der Waals surface area (Å²) in [5, 5.41) is 2.96. The van der Waals surface area contributed by atoms with Gasteiger partial charge in [0, 0.05) is 45.1 Å². The summed E-state index contributed by atoms with van der Waals surface area (Å²) in [7, 11) is 0. The van der Waals surface area contributed by atoms with Gasteiger partial charge in [0.15, 0.2) is 5.76 Å². The highest BCUT2D eigenvalue weighted by Gasteiger charge is 2.27. The number of halogens is 1. The third-order valence-corrected chi connectivity index (χ3v) is 5.22. The second kappa shape index (κ2) is 8.87. The molecule has 0 aliphatic carbocycles. The molecule has 1 amide bonds. The minimum absolute atomic E-state index is 0.0228. The first-order valence-electron chi connectivity index (χ1n) is 9.67. The Kier molecular flexibility index (Phi) is 5.86. The van der Waals surface area contributed by atoms with E-state index >= 15 is 0 Å². The van der Waals surface area contributed by atoms with Crippen molar-refractivity contribution in [3.8, 4) is 0 Å². The van der Waals surface area contributed by atoms with E-state index in [1.807, 2.05) is 30.5 Å². The molecule has 1 N–H and O–H groups in total. The van der Waals surface area contributed by atoms with Crippen LogP contribution in [0.3, 0.4) is 0 Å². The second-order valence-corrected chi connectivity index (χ2v) is 6.96. The fraction of sp³-hybridized carbons (Fsp3) is 0.273. The Balaban J connectivity index is 1.44. The van der Waals surface area contributed by atoms with E-state index in [4.69, 9.17) is 4.42 Å². The van der Waals surface area contributed by atoms with Crippen LogP contribution in [0.2, 0.25) is 0 Å². The van der Waals surface area contributed by atoms with Crippen LogP contribution >= 0.6 is 0 Å². The number of pyridine rings is 1. The Morgan fingerprint density at radius 3 is 2.62 bits per heavy atom. The molecule has 1 aliphatic rings. The molecule has 3 heterocycles. The van der Waals surface area contributed by atoms with Crippen LogP contribution in [-0.2, 0) is 0 Å². The van der Waals surface area contributed by atoms with Gasteiger partial charge in [-0.25, -0.2) is 4.39 Å². The van der Waals surface area contributed by atoms with Crippen molar-refractivity contribution in [1.82, 2.24) is 15.2 Å². The Morgan fingerprint density at radius 1 is 1.10 bits per heavy atom. The van der Waals surface area contributed by atoms with Crippen molar-refractivity contribution >= 4 is 11.6 Å². The lowest BCUT2D eigenvalue weighted by Gasteiger charge is -2.40. The molecule has 1 aliphatic heterocycles. The van der Waals surface area contributed by atoms with E-state index in [1.165, 1.54) is 12.3 Å². The Hall–Kier alpha value is -3.19. The number of furan rings is 1. The number of aromatic nitrogens is 1. The lowest BCUT2D eigenvalue weighted by atomic mass is 10.1. The molecule has 4 rings (SSSR count). The molecule has 150 valence electrons. The summed E-state index contributed by atoms with van der Waals surface area (Å²) in [4.78, 5) is 20.9. The lowest BCUT2D eigenvalue weighted by molar-refractivity contribution is 0.0902. The predicted octanol–water partition coefficient (Wildman–Crippen LogP) is 3.11. The van der Waals surface area contributed by atoms with Crippen molar-refractivity contribution in [2.75, 3.05) is 37.6 Å². The number of benzene rings is 1. The van der Waals surface area contributed by atoms with E-state index in [9.17, 15) is 9.18 Å². The van der Waals surface area contributed by atoms with Crippen LogP contribution in [-0.4, -0.2) is 48.5 Å². The molecule has 0 saturated carbocycles. The van der Waals surface area contributed by atoms with Crippen LogP contribution < -0.4 is 10.2 Å². The smallest absolute Gasteiger partial charge is 0.287 e. The fourth-order valence-electron chi connectivity index (χ4n) is 3.70. The van der Waals surface area contributed by atoms with E-state index in [2.05, 4.69) is 20.1 Å². The van der Waals surface area contributed by atoms with Crippen molar-refractivity contribution in [2.24, 2.45) is 0 Å². The van der Waals surface area contributed by atoms with E-state index in [-0.39, 0.29) is 17.8 Å². The van der Waals surface area contributed by atoms with E-state index in [1.54, 1.807) is 24.4 Å². The highest BCUT2D eigenvalue weighted by molar-refractivity contribution is 5.91. The van der Waals surface area contributed by atoms with Crippen LogP contribution in [0.1, 0.15) is 22.2 Å². The first-order chi connectivity index (χ1) is 14.2. The maximum Gasteiger partial charge on any atom is 0.287 e. The summed E-state index contributed by atoms with van der Waals surface area (Å²) in [5.41, 5.74) is 1.67. The van der Waals surface area contributed by atoms with E-state index in [0.29, 0.717) is 31.1 Å². The molecule has 1 saturated heterocycles. The summed E-state index contributed by atoms with van der Waals surface area (Å²) in [6, 6.07) is 14.1. The van der Waals surface area contributed by atoms with Gasteiger partial charge >= 0.3 is 0 Å². The number of nitrogens with one attached hydrogen (secondary N) is 1. The number of carbonyl (C=O) groups excluding carboxylic acids is 1. The second-order valence-electron chi connectivity index (χ2n) is 6.96. The maximum atomic E-state index is 14.1. The van der Waals surface area contributed by atoms with Crippen molar-refractivity contribution < 1.29 is 13.6 Å². The minimum atomic E-state index is -0.242. The van der Waals surface area contributed by atoms with Gasteiger partial charge in [0.05, 0.1) is 18.0 Å². The number of amides is 1. The number of hydrogen-bond acceptors (Lipinski definition) is 5. The van der Waals surface area contributed by atoms with E-state index < -0.39 is 0 Å². The summed E-state index contributed by atoms with van der Waals surface area (Å²) in [6.07, 6.45) is 5.04. The molecule has 29 heavy (non-hydrogen) atoms. The number of piperazine rings is 1. The number of nitrogens with zero attached hydrogens (tertiary/aromatic N) is 3. The number of para-hydroxylation sites is 1. The molecule has 1 aromatic carbocycles. The average Bonchev–Trinajstić information content (AvgIpc) is 3.31. The standard InChI is InChI=1S/C22H23FN4O2/c23-18-6-1-2-7-19(18)26-10-12-27(13-11-26)20(17-5-3-9-24-15-17)16-25-22(28)21-8-4-14-29-21/h1-9,14-15,20H,10-13,16H2,(H,25,28)/t20-/m1/s1. The zero-order chi connectivity index (χ0) is 20.1. The zero-order valence-electron chi connectivity index (χ0n) is 16.0. The van der Waals surface area contributed by atoms with Gasteiger partial charge in [-0.3, -0.25) is 14.7 Å². The third-order valence-electron chi connectivity index (χ3n) is 5.22. The van der Waals surface area contributed by atoms with E-state index in [0.717, 1.165) is 18.7 Å². The first-order valence-corrected chi connectivity index (χ1v) is 9.67. The minimum Gasteiger partial charge on any atom is -0.459 e. The molecule has 1 atom stereocenters. The Bertz CT molecular complexity index is 925. The molecule has 1 fully saturated rings. The summed E-state index contributed by atoms with van der Waals surface area (Å²) >= 11 is 0. The Labute approximate surface area is 169 Å². The summed E-state index contributed by atoms with van der Waals surface area (Å²) in [5.74, 6) is -0.149. The molecule has 0 unspecified atom stereocenters. The van der Waals surface area contributed by atoms with Gasteiger partial charge in [-0.05, 0) is 35.9 Å². The lowest BCUT2D eigenvalue weighted by Crippen LogP contribution is -2.50. The van der Waals surface area contributed by atoms with Crippen LogP contribution in [0.5, 0.6) is 0 Å². The summed E-state index contributed by atoms with van der Waals surface area (Å²) in [6.45, 7) is 3.37. The molecular weight excluding hydrogens is 371 g/mol. The van der Waals surface area contributed by atoms with Crippen molar-refractivity contribution in [2.45, 2.75) is 6.04 Å².